The zero-order valence-electron chi connectivity index (χ0n) is 15.1. The summed E-state index contributed by atoms with van der Waals surface area (Å²) >= 11 is 12.0. The van der Waals surface area contributed by atoms with E-state index >= 15 is 0 Å². The average molecular weight is 429 g/mol. The van der Waals surface area contributed by atoms with Crippen molar-refractivity contribution in [1.82, 2.24) is 0 Å². The summed E-state index contributed by atoms with van der Waals surface area (Å²) < 4.78 is 0. The molecule has 0 radical (unpaired) electrons. The summed E-state index contributed by atoms with van der Waals surface area (Å²) in [4.78, 5) is 36.2. The van der Waals surface area contributed by atoms with E-state index in [1.54, 1.807) is 30.3 Å². The van der Waals surface area contributed by atoms with Crippen LogP contribution in [0.4, 0.5) is 11.4 Å². The lowest BCUT2D eigenvalue weighted by Gasteiger charge is -2.11. The molecule has 6 nitrogen and oxygen atoms in total. The van der Waals surface area contributed by atoms with Gasteiger partial charge in [0, 0.05) is 17.2 Å². The molecule has 1 N–H and O–H groups in total. The maximum absolute atomic E-state index is 12.9. The second-order valence-corrected chi connectivity index (χ2v) is 7.05. The highest BCUT2D eigenvalue weighted by Crippen LogP contribution is 2.28. The minimum Gasteiger partial charge on any atom is -0.321 e. The van der Waals surface area contributed by atoms with E-state index in [4.69, 9.17) is 23.2 Å². The van der Waals surface area contributed by atoms with Gasteiger partial charge >= 0.3 is 0 Å². The molecule has 0 aliphatic carbocycles. The van der Waals surface area contributed by atoms with Gasteiger partial charge in [-0.1, -0.05) is 47.5 Å². The maximum Gasteiger partial charge on any atom is 0.288 e. The molecule has 0 spiro atoms. The quantitative estimate of drug-likeness (QED) is 0.320. The summed E-state index contributed by atoms with van der Waals surface area (Å²) in [7, 11) is 0. The van der Waals surface area contributed by atoms with Gasteiger partial charge in [-0.25, -0.2) is 0 Å². The van der Waals surface area contributed by atoms with Gasteiger partial charge in [0.05, 0.1) is 21.2 Å². The third-order valence-electron chi connectivity index (χ3n) is 4.19. The van der Waals surface area contributed by atoms with Gasteiger partial charge in [0.1, 0.15) is 5.02 Å². The molecule has 3 rings (SSSR count). The van der Waals surface area contributed by atoms with Crippen molar-refractivity contribution in [3.8, 4) is 0 Å². The molecule has 3 aromatic rings. The molecule has 0 bridgehead atoms. The topological polar surface area (TPSA) is 89.3 Å². The fourth-order valence-corrected chi connectivity index (χ4v) is 3.21. The van der Waals surface area contributed by atoms with Gasteiger partial charge in [0.15, 0.2) is 5.78 Å². The zero-order chi connectivity index (χ0) is 21.1. The van der Waals surface area contributed by atoms with Gasteiger partial charge < -0.3 is 5.32 Å². The van der Waals surface area contributed by atoms with Crippen molar-refractivity contribution in [2.45, 2.75) is 6.92 Å². The van der Waals surface area contributed by atoms with Crippen molar-refractivity contribution in [1.29, 1.82) is 0 Å². The highest BCUT2D eigenvalue weighted by molar-refractivity contribution is 6.34. The van der Waals surface area contributed by atoms with Crippen molar-refractivity contribution in [2.75, 3.05) is 5.32 Å². The summed E-state index contributed by atoms with van der Waals surface area (Å²) in [5, 5.41) is 14.1. The monoisotopic (exact) mass is 428 g/mol. The van der Waals surface area contributed by atoms with Gasteiger partial charge in [0.25, 0.3) is 11.6 Å². The first kappa shape index (κ1) is 20.5. The number of nitrogens with zero attached hydrogens (tertiary/aromatic N) is 1. The second kappa shape index (κ2) is 8.43. The van der Waals surface area contributed by atoms with E-state index < -0.39 is 16.6 Å². The Morgan fingerprint density at radius 3 is 2.28 bits per heavy atom. The Morgan fingerprint density at radius 2 is 1.62 bits per heavy atom. The molecule has 29 heavy (non-hydrogen) atoms. The average Bonchev–Trinajstić information content (AvgIpc) is 2.69. The number of nitro benzene ring substituents is 1. The molecule has 146 valence electrons. The molecule has 1 amide bonds. The predicted molar refractivity (Wildman–Crippen MR) is 112 cm³/mol. The lowest BCUT2D eigenvalue weighted by atomic mass is 9.97. The fraction of sp³-hybridized carbons (Fsp3) is 0.0476. The Hall–Kier alpha value is -3.22. The largest absolute Gasteiger partial charge is 0.321 e. The molecule has 0 aliphatic rings. The Bertz CT molecular complexity index is 1150. The van der Waals surface area contributed by atoms with E-state index in [9.17, 15) is 19.7 Å². The van der Waals surface area contributed by atoms with Crippen LogP contribution in [0.5, 0.6) is 0 Å². The number of nitro groups is 1. The molecule has 0 fully saturated rings. The first-order chi connectivity index (χ1) is 13.8. The highest BCUT2D eigenvalue weighted by atomic mass is 35.5. The van der Waals surface area contributed by atoms with E-state index in [1.165, 1.54) is 24.3 Å². The van der Waals surface area contributed by atoms with Crippen molar-refractivity contribution in [2.24, 2.45) is 0 Å². The Labute approximate surface area is 176 Å². The van der Waals surface area contributed by atoms with Crippen molar-refractivity contribution in [3.63, 3.8) is 0 Å². The van der Waals surface area contributed by atoms with Crippen LogP contribution in [0.15, 0.2) is 60.7 Å². The standard InChI is InChI=1S/C21H14Cl2N2O4/c1-12-6-9-18(17(23)10-12)24-21(27)15-5-3-2-4-14(15)20(26)13-7-8-16(22)19(11-13)25(28)29/h2-11H,1H3,(H,24,27). The number of carbonyl (C=O) groups is 2. The molecular weight excluding hydrogens is 415 g/mol. The number of hydrogen-bond donors (Lipinski definition) is 1. The van der Waals surface area contributed by atoms with Crippen LogP contribution in [-0.4, -0.2) is 16.6 Å². The number of nitrogens with one attached hydrogen (secondary N) is 1. The molecule has 0 aliphatic heterocycles. The normalized spacial score (nSPS) is 10.4. The number of anilines is 1. The molecule has 0 saturated carbocycles. The minimum atomic E-state index is -0.670. The predicted octanol–water partition coefficient (Wildman–Crippen LogP) is 5.69. The van der Waals surface area contributed by atoms with E-state index in [1.807, 2.05) is 6.92 Å². The van der Waals surface area contributed by atoms with Crippen LogP contribution in [0, 0.1) is 17.0 Å². The summed E-state index contributed by atoms with van der Waals surface area (Å²) in [6, 6.07) is 15.1. The van der Waals surface area contributed by atoms with Crippen LogP contribution < -0.4 is 5.32 Å². The van der Waals surface area contributed by atoms with Crippen molar-refractivity contribution in [3.05, 3.63) is 103 Å². The molecule has 0 unspecified atom stereocenters. The van der Waals surface area contributed by atoms with Crippen LogP contribution >= 0.6 is 23.2 Å². The van der Waals surface area contributed by atoms with Gasteiger partial charge in [-0.3, -0.25) is 19.7 Å². The number of carbonyl (C=O) groups excluding carboxylic acids is 2. The van der Waals surface area contributed by atoms with E-state index in [0.29, 0.717) is 10.7 Å². The Kier molecular flexibility index (Phi) is 5.96. The number of halogens is 2. The van der Waals surface area contributed by atoms with E-state index in [2.05, 4.69) is 5.32 Å². The third kappa shape index (κ3) is 4.45. The van der Waals surface area contributed by atoms with Crippen LogP contribution in [0.3, 0.4) is 0 Å². The van der Waals surface area contributed by atoms with Gasteiger partial charge in [0.2, 0.25) is 0 Å². The highest BCUT2D eigenvalue weighted by Gasteiger charge is 2.22. The zero-order valence-corrected chi connectivity index (χ0v) is 16.6. The minimum absolute atomic E-state index is 0.0507. The number of rotatable bonds is 5. The Balaban J connectivity index is 1.96. The van der Waals surface area contributed by atoms with Gasteiger partial charge in [-0.2, -0.15) is 0 Å². The van der Waals surface area contributed by atoms with E-state index in [0.717, 1.165) is 11.6 Å². The van der Waals surface area contributed by atoms with Crippen LogP contribution in [0.25, 0.3) is 0 Å². The van der Waals surface area contributed by atoms with Crippen LogP contribution in [0.1, 0.15) is 31.8 Å². The van der Waals surface area contributed by atoms with Crippen LogP contribution in [0.2, 0.25) is 10.0 Å². The lowest BCUT2D eigenvalue weighted by molar-refractivity contribution is -0.384. The Morgan fingerprint density at radius 1 is 0.931 bits per heavy atom. The van der Waals surface area contributed by atoms with Gasteiger partial charge in [-0.05, 0) is 42.8 Å². The molecule has 0 heterocycles. The summed E-state index contributed by atoms with van der Waals surface area (Å²) in [5.41, 5.74) is 1.23. The second-order valence-electron chi connectivity index (χ2n) is 6.24. The molecule has 0 atom stereocenters. The van der Waals surface area contributed by atoms with Gasteiger partial charge in [-0.15, -0.1) is 0 Å². The van der Waals surface area contributed by atoms with Crippen molar-refractivity contribution < 1.29 is 14.5 Å². The lowest BCUT2D eigenvalue weighted by Crippen LogP contribution is -2.17. The molecular formula is C21H14Cl2N2O4. The van der Waals surface area contributed by atoms with E-state index in [-0.39, 0.29) is 27.4 Å². The number of ketones is 1. The van der Waals surface area contributed by atoms with Crippen molar-refractivity contribution >= 4 is 46.3 Å². The first-order valence-electron chi connectivity index (χ1n) is 8.43. The fourth-order valence-electron chi connectivity index (χ4n) is 2.74. The van der Waals surface area contributed by atoms with Crippen LogP contribution in [-0.2, 0) is 0 Å². The number of aryl methyl sites for hydroxylation is 1. The maximum atomic E-state index is 12.9. The summed E-state index contributed by atoms with van der Waals surface area (Å²) in [5.74, 6) is -1.06. The smallest absolute Gasteiger partial charge is 0.288 e. The SMILES string of the molecule is Cc1ccc(NC(=O)c2ccccc2C(=O)c2ccc(Cl)c([N+](=O)[O-])c2)c(Cl)c1. The molecule has 0 saturated heterocycles. The first-order valence-corrected chi connectivity index (χ1v) is 9.18. The molecule has 3 aromatic carbocycles. The number of benzene rings is 3. The molecule has 8 heteroatoms. The number of amides is 1. The molecule has 0 aromatic heterocycles. The third-order valence-corrected chi connectivity index (χ3v) is 4.83. The number of hydrogen-bond acceptors (Lipinski definition) is 4. The summed E-state index contributed by atoms with van der Waals surface area (Å²) in [6.45, 7) is 1.87. The summed E-state index contributed by atoms with van der Waals surface area (Å²) in [6.07, 6.45) is 0.